The Hall–Kier alpha value is -2.41. The largest absolute Gasteiger partial charge is 0.398 e. The minimum atomic E-state index is -0.493. The van der Waals surface area contributed by atoms with Crippen molar-refractivity contribution in [2.75, 3.05) is 5.73 Å². The third kappa shape index (κ3) is 2.59. The van der Waals surface area contributed by atoms with Crippen LogP contribution in [0.15, 0.2) is 45.3 Å². The maximum atomic E-state index is 14.2. The van der Waals surface area contributed by atoms with E-state index in [2.05, 4.69) is 15.0 Å². The number of rotatable bonds is 2. The van der Waals surface area contributed by atoms with E-state index >= 15 is 0 Å². The summed E-state index contributed by atoms with van der Waals surface area (Å²) in [7, 11) is 0. The fourth-order valence-corrected chi connectivity index (χ4v) is 2.96. The highest BCUT2D eigenvalue weighted by Crippen LogP contribution is 2.35. The number of aromatic nitrogens is 3. The van der Waals surface area contributed by atoms with E-state index in [1.54, 1.807) is 25.3 Å². The lowest BCUT2D eigenvalue weighted by Gasteiger charge is -2.08. The Morgan fingerprint density at radius 3 is 2.95 bits per heavy atom. The first-order chi connectivity index (χ1) is 10.0. The van der Waals surface area contributed by atoms with E-state index in [-0.39, 0.29) is 10.5 Å². The number of fused-ring (bicyclic) bond motifs is 1. The lowest BCUT2D eigenvalue weighted by atomic mass is 10.2. The summed E-state index contributed by atoms with van der Waals surface area (Å²) in [5.41, 5.74) is 6.86. The average molecular weight is 302 g/mol. The number of hydrogen-bond acceptors (Lipinski definition) is 5. The number of hydrogen-bond donors (Lipinski definition) is 2. The fourth-order valence-electron chi connectivity index (χ4n) is 2.01. The third-order valence-corrected chi connectivity index (χ3v) is 3.86. The van der Waals surface area contributed by atoms with E-state index in [0.717, 1.165) is 11.8 Å². The van der Waals surface area contributed by atoms with Crippen molar-refractivity contribution in [2.24, 2.45) is 0 Å². The van der Waals surface area contributed by atoms with Crippen molar-refractivity contribution in [3.8, 4) is 0 Å². The molecule has 21 heavy (non-hydrogen) atoms. The highest BCUT2D eigenvalue weighted by molar-refractivity contribution is 7.99. The molecule has 0 radical (unpaired) electrons. The molecule has 0 spiro atoms. The maximum Gasteiger partial charge on any atom is 0.251 e. The Morgan fingerprint density at radius 2 is 2.19 bits per heavy atom. The predicted molar refractivity (Wildman–Crippen MR) is 79.8 cm³/mol. The molecule has 0 atom stereocenters. The van der Waals surface area contributed by atoms with Crippen molar-refractivity contribution in [2.45, 2.75) is 17.0 Å². The second kappa shape index (κ2) is 5.17. The lowest BCUT2D eigenvalue weighted by molar-refractivity contribution is 0.605. The van der Waals surface area contributed by atoms with E-state index < -0.39 is 5.82 Å². The van der Waals surface area contributed by atoms with Gasteiger partial charge in [0.1, 0.15) is 5.82 Å². The topological polar surface area (TPSA) is 84.7 Å². The Bertz CT molecular complexity index is 894. The van der Waals surface area contributed by atoms with E-state index in [0.29, 0.717) is 27.4 Å². The van der Waals surface area contributed by atoms with Gasteiger partial charge in [0, 0.05) is 29.0 Å². The third-order valence-electron chi connectivity index (χ3n) is 2.88. The lowest BCUT2D eigenvalue weighted by Crippen LogP contribution is -2.08. The molecule has 3 N–H and O–H groups in total. The van der Waals surface area contributed by atoms with Gasteiger partial charge in [0.25, 0.3) is 5.56 Å². The highest BCUT2D eigenvalue weighted by atomic mass is 32.2. The first kappa shape index (κ1) is 13.6. The van der Waals surface area contributed by atoms with Gasteiger partial charge in [0.2, 0.25) is 0 Å². The quantitative estimate of drug-likeness (QED) is 0.561. The summed E-state index contributed by atoms with van der Waals surface area (Å²) < 4.78 is 14.2. The van der Waals surface area contributed by atoms with Crippen LogP contribution in [0.4, 0.5) is 10.1 Å². The number of nitrogens with zero attached hydrogens (tertiary/aromatic N) is 2. The minimum absolute atomic E-state index is 0.280. The summed E-state index contributed by atoms with van der Waals surface area (Å²) >= 11 is 1.02. The summed E-state index contributed by atoms with van der Waals surface area (Å²) in [6.45, 7) is 1.70. The Morgan fingerprint density at radius 1 is 1.38 bits per heavy atom. The Balaban J connectivity index is 2.18. The van der Waals surface area contributed by atoms with Gasteiger partial charge in [-0.3, -0.25) is 9.78 Å². The smallest absolute Gasteiger partial charge is 0.251 e. The molecule has 0 saturated carbocycles. The molecule has 0 fully saturated rings. The number of pyridine rings is 1. The predicted octanol–water partition coefficient (Wildman–Crippen LogP) is 2.50. The number of halogens is 1. The fraction of sp³-hybridized carbons (Fsp3) is 0.0714. The Kier molecular flexibility index (Phi) is 3.34. The molecule has 0 unspecified atom stereocenters. The highest BCUT2D eigenvalue weighted by Gasteiger charge is 2.14. The zero-order valence-electron chi connectivity index (χ0n) is 11.1. The summed E-state index contributed by atoms with van der Waals surface area (Å²) in [4.78, 5) is 22.7. The summed E-state index contributed by atoms with van der Waals surface area (Å²) in [5.74, 6) is -0.493. The van der Waals surface area contributed by atoms with Crippen LogP contribution in [0.3, 0.4) is 0 Å². The molecule has 7 heteroatoms. The molecule has 1 aromatic carbocycles. The van der Waals surface area contributed by atoms with Crippen LogP contribution in [0.5, 0.6) is 0 Å². The molecule has 2 aromatic heterocycles. The molecule has 5 nitrogen and oxygen atoms in total. The number of benzene rings is 1. The van der Waals surface area contributed by atoms with Crippen molar-refractivity contribution in [3.05, 3.63) is 52.3 Å². The summed E-state index contributed by atoms with van der Waals surface area (Å²) in [6.07, 6.45) is 1.57. The van der Waals surface area contributed by atoms with E-state index in [4.69, 9.17) is 5.73 Å². The van der Waals surface area contributed by atoms with Crippen LogP contribution < -0.4 is 11.3 Å². The van der Waals surface area contributed by atoms with Gasteiger partial charge in [0.15, 0.2) is 5.16 Å². The summed E-state index contributed by atoms with van der Waals surface area (Å²) in [5, 5.41) is 0.979. The van der Waals surface area contributed by atoms with Gasteiger partial charge in [0.05, 0.1) is 10.4 Å². The summed E-state index contributed by atoms with van der Waals surface area (Å²) in [6, 6.07) is 6.13. The molecular weight excluding hydrogens is 291 g/mol. The van der Waals surface area contributed by atoms with Crippen LogP contribution in [0.25, 0.3) is 10.9 Å². The number of H-pyrrole nitrogens is 1. The molecule has 0 saturated heterocycles. The second-order valence-corrected chi connectivity index (χ2v) is 5.47. The first-order valence-electron chi connectivity index (χ1n) is 6.13. The monoisotopic (exact) mass is 302 g/mol. The van der Waals surface area contributed by atoms with Crippen LogP contribution in [-0.2, 0) is 0 Å². The number of nitrogens with two attached hydrogens (primary N) is 1. The zero-order chi connectivity index (χ0) is 15.0. The van der Waals surface area contributed by atoms with E-state index in [1.807, 2.05) is 0 Å². The van der Waals surface area contributed by atoms with Crippen molar-refractivity contribution >= 4 is 28.4 Å². The molecule has 0 bridgehead atoms. The zero-order valence-corrected chi connectivity index (χ0v) is 11.9. The molecule has 2 heterocycles. The SMILES string of the molecule is Cc1cc(=O)[nH]c(Sc2c(F)cc(N)c3cccnc23)n1. The maximum absolute atomic E-state index is 14.2. The van der Waals surface area contributed by atoms with E-state index in [9.17, 15) is 9.18 Å². The Labute approximate surface area is 123 Å². The van der Waals surface area contributed by atoms with Crippen LogP contribution in [-0.4, -0.2) is 15.0 Å². The van der Waals surface area contributed by atoms with E-state index in [1.165, 1.54) is 12.1 Å². The van der Waals surface area contributed by atoms with Gasteiger partial charge in [-0.1, -0.05) is 0 Å². The van der Waals surface area contributed by atoms with Crippen LogP contribution in [0.1, 0.15) is 5.69 Å². The molecule has 0 aliphatic heterocycles. The molecule has 3 aromatic rings. The van der Waals surface area contributed by atoms with Gasteiger partial charge in [-0.2, -0.15) is 0 Å². The second-order valence-electron chi connectivity index (χ2n) is 4.47. The van der Waals surface area contributed by atoms with Gasteiger partial charge in [-0.15, -0.1) is 0 Å². The standard InChI is InChI=1S/C14H11FN4OS/c1-7-5-11(20)19-14(18-7)21-13-9(15)6-10(16)8-3-2-4-17-12(8)13/h2-6H,16H2,1H3,(H,18,19,20). The average Bonchev–Trinajstić information content (AvgIpc) is 2.42. The molecule has 0 amide bonds. The van der Waals surface area contributed by atoms with Crippen molar-refractivity contribution in [3.63, 3.8) is 0 Å². The molecule has 0 aliphatic carbocycles. The number of nitrogen functional groups attached to an aromatic ring is 1. The number of nitrogens with one attached hydrogen (secondary N) is 1. The number of anilines is 1. The van der Waals surface area contributed by atoms with Crippen LogP contribution >= 0.6 is 11.8 Å². The van der Waals surface area contributed by atoms with Gasteiger partial charge in [-0.05, 0) is 36.9 Å². The van der Waals surface area contributed by atoms with Crippen molar-refractivity contribution < 1.29 is 4.39 Å². The van der Waals surface area contributed by atoms with Crippen molar-refractivity contribution in [1.82, 2.24) is 15.0 Å². The normalized spacial score (nSPS) is 11.0. The van der Waals surface area contributed by atoms with Gasteiger partial charge < -0.3 is 10.7 Å². The van der Waals surface area contributed by atoms with Crippen LogP contribution in [0, 0.1) is 12.7 Å². The molecule has 3 rings (SSSR count). The van der Waals surface area contributed by atoms with Gasteiger partial charge in [-0.25, -0.2) is 9.37 Å². The van der Waals surface area contributed by atoms with Crippen molar-refractivity contribution in [1.29, 1.82) is 0 Å². The first-order valence-corrected chi connectivity index (χ1v) is 6.95. The number of aryl methyl sites for hydroxylation is 1. The van der Waals surface area contributed by atoms with Gasteiger partial charge >= 0.3 is 0 Å². The molecule has 106 valence electrons. The molecule has 0 aliphatic rings. The number of aromatic amines is 1. The minimum Gasteiger partial charge on any atom is -0.398 e. The molecular formula is C14H11FN4OS. The van der Waals surface area contributed by atoms with Crippen LogP contribution in [0.2, 0.25) is 0 Å².